The van der Waals surface area contributed by atoms with Gasteiger partial charge in [0.25, 0.3) is 0 Å². The molecule has 6 aromatic heterocycles. The van der Waals surface area contributed by atoms with Crippen LogP contribution >= 0.6 is 0 Å². The van der Waals surface area contributed by atoms with Gasteiger partial charge >= 0.3 is 16.8 Å². The van der Waals surface area contributed by atoms with Crippen LogP contribution < -0.4 is 37.3 Å². The van der Waals surface area contributed by atoms with Gasteiger partial charge in [-0.3, -0.25) is 29.9 Å². The molecule has 6 aromatic rings. The Morgan fingerprint density at radius 2 is 0.404 bits per heavy atom. The first-order valence-corrected chi connectivity index (χ1v) is 15.1. The SMILES string of the molecule is [Co+2].[O-][Cl+3]([O-])([O-])[O-].[O-][Cl+3]([O-])([O-])[O-].c1ccc(-c2ccccn2)nc1.c1ccc(-c2ccccn2)nc1.c1ccc(-c2ccccn2)nc1. The Hall–Kier alpha value is -4.33. The van der Waals surface area contributed by atoms with Crippen LogP contribution in [0, 0.1) is 20.5 Å². The van der Waals surface area contributed by atoms with E-state index >= 15 is 0 Å². The maximum absolute atomic E-state index is 8.49. The van der Waals surface area contributed by atoms with Crippen LogP contribution in [-0.4, -0.2) is 29.9 Å². The molecule has 0 unspecified atom stereocenters. The Kier molecular flexibility index (Phi) is 19.3. The van der Waals surface area contributed by atoms with Gasteiger partial charge in [0.15, 0.2) is 0 Å². The minimum absolute atomic E-state index is 0. The average molecular weight is 726 g/mol. The van der Waals surface area contributed by atoms with E-state index in [-0.39, 0.29) is 16.8 Å². The fourth-order valence-corrected chi connectivity index (χ4v) is 3.09. The molecule has 17 heteroatoms. The summed E-state index contributed by atoms with van der Waals surface area (Å²) in [4.78, 5) is 25.1. The molecule has 0 fully saturated rings. The van der Waals surface area contributed by atoms with Crippen molar-refractivity contribution in [3.8, 4) is 34.2 Å². The summed E-state index contributed by atoms with van der Waals surface area (Å²) < 4.78 is 67.9. The van der Waals surface area contributed by atoms with Crippen molar-refractivity contribution < 1.29 is 74.5 Å². The zero-order chi connectivity index (χ0) is 33.7. The molecule has 245 valence electrons. The van der Waals surface area contributed by atoms with E-state index in [4.69, 9.17) is 37.3 Å². The van der Waals surface area contributed by atoms with Crippen molar-refractivity contribution in [3.05, 3.63) is 146 Å². The zero-order valence-corrected chi connectivity index (χ0v) is 26.4. The van der Waals surface area contributed by atoms with Crippen molar-refractivity contribution in [3.63, 3.8) is 0 Å². The predicted octanol–water partition coefficient (Wildman–Crippen LogP) is -3.08. The summed E-state index contributed by atoms with van der Waals surface area (Å²) in [7, 11) is -9.89. The Balaban J connectivity index is 0.000000307. The van der Waals surface area contributed by atoms with E-state index in [0.717, 1.165) is 34.2 Å². The van der Waals surface area contributed by atoms with E-state index in [0.29, 0.717) is 0 Å². The minimum Gasteiger partial charge on any atom is -0.255 e. The number of pyridine rings is 6. The second-order valence-corrected chi connectivity index (χ2v) is 9.56. The first-order valence-electron chi connectivity index (χ1n) is 12.6. The fraction of sp³-hybridized carbons (Fsp3) is 0. The number of halogens is 2. The molecule has 0 saturated carbocycles. The topological polar surface area (TPSA) is 262 Å². The van der Waals surface area contributed by atoms with Gasteiger partial charge in [0.2, 0.25) is 0 Å². The summed E-state index contributed by atoms with van der Waals surface area (Å²) in [6.45, 7) is 0. The van der Waals surface area contributed by atoms with Gasteiger partial charge in [0.05, 0.1) is 34.2 Å². The second kappa shape index (κ2) is 22.2. The van der Waals surface area contributed by atoms with E-state index in [1.165, 1.54) is 0 Å². The summed E-state index contributed by atoms with van der Waals surface area (Å²) in [5.74, 6) is 0. The molecule has 0 spiro atoms. The molecule has 6 heterocycles. The summed E-state index contributed by atoms with van der Waals surface area (Å²) in [5, 5.41) is 0. The molecule has 6 rings (SSSR count). The third kappa shape index (κ3) is 21.2. The van der Waals surface area contributed by atoms with Gasteiger partial charge in [-0.2, -0.15) is 0 Å². The van der Waals surface area contributed by atoms with Crippen LogP contribution in [0.5, 0.6) is 0 Å². The van der Waals surface area contributed by atoms with Crippen LogP contribution in [0.15, 0.2) is 146 Å². The molecular weight excluding hydrogens is 702 g/mol. The third-order valence-corrected chi connectivity index (χ3v) is 4.78. The molecule has 47 heavy (non-hydrogen) atoms. The normalized spacial score (nSPS) is 9.96. The van der Waals surface area contributed by atoms with Crippen LogP contribution in [-0.2, 0) is 16.8 Å². The van der Waals surface area contributed by atoms with Crippen molar-refractivity contribution in [1.82, 2.24) is 29.9 Å². The third-order valence-electron chi connectivity index (χ3n) is 4.78. The van der Waals surface area contributed by atoms with Crippen LogP contribution in [0.2, 0.25) is 0 Å². The van der Waals surface area contributed by atoms with Gasteiger partial charge in [0, 0.05) is 37.2 Å². The Morgan fingerprint density at radius 3 is 0.489 bits per heavy atom. The summed E-state index contributed by atoms with van der Waals surface area (Å²) >= 11 is 0. The Labute approximate surface area is 284 Å². The predicted molar refractivity (Wildman–Crippen MR) is 142 cm³/mol. The number of rotatable bonds is 3. The molecule has 1 radical (unpaired) electrons. The summed E-state index contributed by atoms with van der Waals surface area (Å²) in [6, 6.07) is 34.8. The van der Waals surface area contributed by atoms with Gasteiger partial charge in [-0.1, -0.05) is 36.4 Å². The first-order chi connectivity index (χ1) is 21.9. The van der Waals surface area contributed by atoms with Crippen molar-refractivity contribution in [2.75, 3.05) is 0 Å². The second-order valence-electron chi connectivity index (χ2n) is 8.05. The Bertz CT molecular complexity index is 1300. The molecule has 0 bridgehead atoms. The molecule has 0 saturated heterocycles. The first kappa shape index (κ1) is 40.7. The van der Waals surface area contributed by atoms with Crippen LogP contribution in [0.4, 0.5) is 0 Å². The Morgan fingerprint density at radius 1 is 0.277 bits per heavy atom. The van der Waals surface area contributed by atoms with Gasteiger partial charge in [-0.15, -0.1) is 20.5 Å². The maximum Gasteiger partial charge on any atom is 2.00 e. The number of nitrogens with zero attached hydrogens (tertiary/aromatic N) is 6. The summed E-state index contributed by atoms with van der Waals surface area (Å²) in [6.07, 6.45) is 10.6. The van der Waals surface area contributed by atoms with E-state index < -0.39 is 20.5 Å². The summed E-state index contributed by atoms with van der Waals surface area (Å²) in [5.41, 5.74) is 5.49. The van der Waals surface area contributed by atoms with Crippen LogP contribution in [0.25, 0.3) is 34.2 Å². The number of hydrogen-bond donors (Lipinski definition) is 0. The molecule has 0 atom stereocenters. The van der Waals surface area contributed by atoms with Crippen molar-refractivity contribution in [2.45, 2.75) is 0 Å². The van der Waals surface area contributed by atoms with Crippen molar-refractivity contribution >= 4 is 0 Å². The van der Waals surface area contributed by atoms with Crippen LogP contribution in [0.1, 0.15) is 0 Å². The molecule has 0 aliphatic carbocycles. The largest absolute Gasteiger partial charge is 2.00 e. The van der Waals surface area contributed by atoms with Gasteiger partial charge in [0.1, 0.15) is 0 Å². The minimum atomic E-state index is -4.94. The monoisotopic (exact) mass is 725 g/mol. The molecule has 14 nitrogen and oxygen atoms in total. The van der Waals surface area contributed by atoms with Gasteiger partial charge in [-0.25, -0.2) is 37.3 Å². The smallest absolute Gasteiger partial charge is 0.255 e. The average Bonchev–Trinajstić information content (AvgIpc) is 3.06. The van der Waals surface area contributed by atoms with Crippen molar-refractivity contribution in [1.29, 1.82) is 0 Å². The molecule has 0 N–H and O–H groups in total. The molecule has 0 amide bonds. The standard InChI is InChI=1S/3C10H8N2.2ClHO4.Co/c3*1-3-7-11-9(5-1)10-6-2-4-8-12-10;2*2-1(3,4)5;/h3*1-8H;2*(H,2,3,4,5);/q;;;;;+2/p-2. The maximum atomic E-state index is 8.49. The van der Waals surface area contributed by atoms with Crippen molar-refractivity contribution in [2.24, 2.45) is 0 Å². The number of aromatic nitrogens is 6. The fourth-order valence-electron chi connectivity index (χ4n) is 3.09. The molecule has 0 aromatic carbocycles. The van der Waals surface area contributed by atoms with E-state index in [9.17, 15) is 0 Å². The van der Waals surface area contributed by atoms with E-state index in [2.05, 4.69) is 29.9 Å². The molecule has 0 aliphatic heterocycles. The van der Waals surface area contributed by atoms with Crippen LogP contribution in [0.3, 0.4) is 0 Å². The van der Waals surface area contributed by atoms with E-state index in [1.54, 1.807) is 37.2 Å². The number of hydrogen-bond acceptors (Lipinski definition) is 14. The van der Waals surface area contributed by atoms with E-state index in [1.807, 2.05) is 109 Å². The zero-order valence-electron chi connectivity index (χ0n) is 23.9. The molecular formula is C30H24Cl2CoN6O8. The molecule has 0 aliphatic rings. The van der Waals surface area contributed by atoms with Gasteiger partial charge in [-0.05, 0) is 72.8 Å². The quantitative estimate of drug-likeness (QED) is 0.175. The van der Waals surface area contributed by atoms with Gasteiger partial charge < -0.3 is 0 Å².